The molecule has 0 unspecified atom stereocenters. The number of aromatic nitrogens is 2. The van der Waals surface area contributed by atoms with Crippen LogP contribution in [-0.4, -0.2) is 26.8 Å². The average Bonchev–Trinajstić information content (AvgIpc) is 2.86. The summed E-state index contributed by atoms with van der Waals surface area (Å²) in [5.74, 6) is -1.35. The molecule has 116 valence electrons. The molecular weight excluding hydrogens is 306 g/mol. The summed E-state index contributed by atoms with van der Waals surface area (Å²) in [5, 5.41) is 15.9. The summed E-state index contributed by atoms with van der Waals surface area (Å²) in [6, 6.07) is 6.29. The van der Waals surface area contributed by atoms with Crippen molar-refractivity contribution in [3.05, 3.63) is 46.7 Å². The number of aromatic carboxylic acids is 1. The third-order valence-electron chi connectivity index (χ3n) is 3.02. The lowest BCUT2D eigenvalue weighted by atomic mass is 10.2. The fourth-order valence-electron chi connectivity index (χ4n) is 1.90. The van der Waals surface area contributed by atoms with Crippen molar-refractivity contribution in [1.82, 2.24) is 9.78 Å². The zero-order chi connectivity index (χ0) is 16.3. The zero-order valence-corrected chi connectivity index (χ0v) is 13.0. The SMILES string of the molecule is CC(C)n1ccc(CC(=O)Nc2ccc(C(=O)O)c(Cl)c2)n1. The number of nitrogens with zero attached hydrogens (tertiary/aromatic N) is 2. The number of nitrogens with one attached hydrogen (secondary N) is 1. The fourth-order valence-corrected chi connectivity index (χ4v) is 2.16. The Bertz CT molecular complexity index is 710. The number of carbonyl (C=O) groups is 2. The Hall–Kier alpha value is -2.34. The number of hydrogen-bond donors (Lipinski definition) is 2. The van der Waals surface area contributed by atoms with Crippen LogP contribution in [0, 0.1) is 0 Å². The van der Waals surface area contributed by atoms with Crippen molar-refractivity contribution in [3.8, 4) is 0 Å². The van der Waals surface area contributed by atoms with Gasteiger partial charge in [-0.05, 0) is 38.1 Å². The van der Waals surface area contributed by atoms with Gasteiger partial charge in [0, 0.05) is 17.9 Å². The minimum atomic E-state index is -1.11. The number of halogens is 1. The maximum atomic E-state index is 12.0. The summed E-state index contributed by atoms with van der Waals surface area (Å²) in [4.78, 5) is 22.8. The molecule has 1 aromatic heterocycles. The quantitative estimate of drug-likeness (QED) is 0.886. The second kappa shape index (κ2) is 6.62. The number of hydrogen-bond acceptors (Lipinski definition) is 3. The lowest BCUT2D eigenvalue weighted by Gasteiger charge is -2.06. The number of benzene rings is 1. The van der Waals surface area contributed by atoms with Crippen LogP contribution in [0.4, 0.5) is 5.69 Å². The lowest BCUT2D eigenvalue weighted by molar-refractivity contribution is -0.115. The van der Waals surface area contributed by atoms with E-state index in [0.29, 0.717) is 11.4 Å². The number of carboxylic acid groups (broad SMARTS) is 1. The molecule has 0 fully saturated rings. The molecule has 2 N–H and O–H groups in total. The van der Waals surface area contributed by atoms with Crippen LogP contribution in [0.5, 0.6) is 0 Å². The second-order valence-electron chi connectivity index (χ2n) is 5.11. The van der Waals surface area contributed by atoms with Gasteiger partial charge in [-0.15, -0.1) is 0 Å². The van der Waals surface area contributed by atoms with Crippen LogP contribution >= 0.6 is 11.6 Å². The van der Waals surface area contributed by atoms with E-state index in [9.17, 15) is 9.59 Å². The Kier molecular flexibility index (Phi) is 4.82. The molecule has 0 saturated heterocycles. The maximum Gasteiger partial charge on any atom is 0.337 e. The molecule has 0 bridgehead atoms. The first-order chi connectivity index (χ1) is 10.4. The summed E-state index contributed by atoms with van der Waals surface area (Å²) in [6.07, 6.45) is 1.96. The molecule has 0 spiro atoms. The molecule has 0 atom stereocenters. The van der Waals surface area contributed by atoms with E-state index in [1.165, 1.54) is 18.2 Å². The molecule has 1 aromatic carbocycles. The van der Waals surface area contributed by atoms with E-state index in [-0.39, 0.29) is 29.0 Å². The lowest BCUT2D eigenvalue weighted by Crippen LogP contribution is -2.15. The Morgan fingerprint density at radius 2 is 2.09 bits per heavy atom. The van der Waals surface area contributed by atoms with Crippen LogP contribution in [0.1, 0.15) is 35.9 Å². The Balaban J connectivity index is 2.02. The minimum absolute atomic E-state index is 0.00431. The largest absolute Gasteiger partial charge is 0.478 e. The van der Waals surface area contributed by atoms with Gasteiger partial charge in [0.15, 0.2) is 0 Å². The first-order valence-electron chi connectivity index (χ1n) is 6.73. The van der Waals surface area contributed by atoms with Crippen LogP contribution in [0.25, 0.3) is 0 Å². The molecule has 0 saturated carbocycles. The van der Waals surface area contributed by atoms with Gasteiger partial charge in [-0.3, -0.25) is 9.48 Å². The number of carbonyl (C=O) groups excluding carboxylic acids is 1. The highest BCUT2D eigenvalue weighted by molar-refractivity contribution is 6.33. The standard InChI is InChI=1S/C15H16ClN3O3/c1-9(2)19-6-5-11(18-19)8-14(20)17-10-3-4-12(15(21)22)13(16)7-10/h3-7,9H,8H2,1-2H3,(H,17,20)(H,21,22). The number of anilines is 1. The predicted octanol–water partition coefficient (Wildman–Crippen LogP) is 3.00. The third-order valence-corrected chi connectivity index (χ3v) is 3.33. The van der Waals surface area contributed by atoms with Gasteiger partial charge < -0.3 is 10.4 Å². The second-order valence-corrected chi connectivity index (χ2v) is 5.51. The monoisotopic (exact) mass is 321 g/mol. The van der Waals surface area contributed by atoms with Crippen molar-refractivity contribution >= 4 is 29.2 Å². The molecule has 22 heavy (non-hydrogen) atoms. The van der Waals surface area contributed by atoms with Crippen molar-refractivity contribution in [2.75, 3.05) is 5.32 Å². The smallest absolute Gasteiger partial charge is 0.337 e. The van der Waals surface area contributed by atoms with E-state index in [0.717, 1.165) is 0 Å². The molecule has 1 heterocycles. The van der Waals surface area contributed by atoms with Crippen LogP contribution < -0.4 is 5.32 Å². The number of rotatable bonds is 5. The van der Waals surface area contributed by atoms with Crippen LogP contribution in [0.2, 0.25) is 5.02 Å². The molecule has 0 aliphatic rings. The van der Waals surface area contributed by atoms with E-state index in [1.807, 2.05) is 20.0 Å². The number of amides is 1. The highest BCUT2D eigenvalue weighted by Gasteiger charge is 2.11. The van der Waals surface area contributed by atoms with E-state index < -0.39 is 5.97 Å². The topological polar surface area (TPSA) is 84.2 Å². The normalized spacial score (nSPS) is 10.7. The fraction of sp³-hybridized carbons (Fsp3) is 0.267. The van der Waals surface area contributed by atoms with E-state index in [4.69, 9.17) is 16.7 Å². The van der Waals surface area contributed by atoms with Crippen LogP contribution in [0.3, 0.4) is 0 Å². The Morgan fingerprint density at radius 1 is 1.36 bits per heavy atom. The van der Waals surface area contributed by atoms with E-state index in [2.05, 4.69) is 10.4 Å². The first kappa shape index (κ1) is 16.0. The average molecular weight is 322 g/mol. The van der Waals surface area contributed by atoms with Crippen molar-refractivity contribution in [2.24, 2.45) is 0 Å². The molecule has 1 amide bonds. The third kappa shape index (κ3) is 3.85. The van der Waals surface area contributed by atoms with Gasteiger partial charge in [-0.2, -0.15) is 5.10 Å². The van der Waals surface area contributed by atoms with Gasteiger partial charge in [0.05, 0.1) is 22.7 Å². The molecule has 0 radical (unpaired) electrons. The van der Waals surface area contributed by atoms with Crippen LogP contribution in [-0.2, 0) is 11.2 Å². The molecule has 0 aliphatic heterocycles. The van der Waals surface area contributed by atoms with E-state index in [1.54, 1.807) is 10.7 Å². The molecule has 2 aromatic rings. The summed E-state index contributed by atoms with van der Waals surface area (Å²) in [7, 11) is 0. The van der Waals surface area contributed by atoms with Crippen molar-refractivity contribution in [1.29, 1.82) is 0 Å². The van der Waals surface area contributed by atoms with Gasteiger partial charge in [-0.1, -0.05) is 11.6 Å². The van der Waals surface area contributed by atoms with Gasteiger partial charge >= 0.3 is 5.97 Å². The van der Waals surface area contributed by atoms with Crippen molar-refractivity contribution < 1.29 is 14.7 Å². The summed E-state index contributed by atoms with van der Waals surface area (Å²) >= 11 is 5.86. The predicted molar refractivity (Wildman–Crippen MR) is 83.4 cm³/mol. The zero-order valence-electron chi connectivity index (χ0n) is 12.2. The first-order valence-corrected chi connectivity index (χ1v) is 7.11. The van der Waals surface area contributed by atoms with Gasteiger partial charge in [0.25, 0.3) is 0 Å². The van der Waals surface area contributed by atoms with Crippen molar-refractivity contribution in [3.63, 3.8) is 0 Å². The highest BCUT2D eigenvalue weighted by Crippen LogP contribution is 2.21. The summed E-state index contributed by atoms with van der Waals surface area (Å²) in [5.41, 5.74) is 1.11. The van der Waals surface area contributed by atoms with Crippen molar-refractivity contribution in [2.45, 2.75) is 26.3 Å². The highest BCUT2D eigenvalue weighted by atomic mass is 35.5. The van der Waals surface area contributed by atoms with Gasteiger partial charge in [0.1, 0.15) is 0 Å². The molecule has 6 nitrogen and oxygen atoms in total. The Labute approximate surface area is 132 Å². The van der Waals surface area contributed by atoms with Crippen LogP contribution in [0.15, 0.2) is 30.5 Å². The van der Waals surface area contributed by atoms with E-state index >= 15 is 0 Å². The number of carboxylic acids is 1. The van der Waals surface area contributed by atoms with Gasteiger partial charge in [0.2, 0.25) is 5.91 Å². The summed E-state index contributed by atoms with van der Waals surface area (Å²) < 4.78 is 1.78. The molecule has 7 heteroatoms. The molecule has 0 aliphatic carbocycles. The Morgan fingerprint density at radius 3 is 2.64 bits per heavy atom. The van der Waals surface area contributed by atoms with Gasteiger partial charge in [-0.25, -0.2) is 4.79 Å². The molecule has 2 rings (SSSR count). The minimum Gasteiger partial charge on any atom is -0.478 e. The summed E-state index contributed by atoms with van der Waals surface area (Å²) in [6.45, 7) is 4.01. The molecular formula is C15H16ClN3O3. The maximum absolute atomic E-state index is 12.0.